The molecule has 2 atom stereocenters. The molecule has 1 rings (SSSR count). The molecule has 1 aromatic carbocycles. The van der Waals surface area contributed by atoms with Gasteiger partial charge in [-0.2, -0.15) is 0 Å². The molecule has 21 heavy (non-hydrogen) atoms. The van der Waals surface area contributed by atoms with E-state index < -0.39 is 42.5 Å². The molecule has 0 fully saturated rings. The first-order chi connectivity index (χ1) is 9.64. The number of benzene rings is 1. The van der Waals surface area contributed by atoms with E-state index in [0.29, 0.717) is 6.07 Å². The second-order valence-corrected chi connectivity index (χ2v) is 4.06. The van der Waals surface area contributed by atoms with Crippen LogP contribution in [0.3, 0.4) is 0 Å². The Balaban J connectivity index is 2.86. The molecular weight excluding hydrogens is 297 g/mol. The first-order valence-electron chi connectivity index (χ1n) is 5.65. The van der Waals surface area contributed by atoms with E-state index in [-0.39, 0.29) is 5.56 Å². The van der Waals surface area contributed by atoms with E-state index in [9.17, 15) is 33.3 Å². The number of hydrogen-bond acceptors (Lipinski definition) is 6. The Morgan fingerprint density at radius 2 is 1.95 bits per heavy atom. The summed E-state index contributed by atoms with van der Waals surface area (Å²) in [5, 5.41) is 28.9. The molecule has 0 radical (unpaired) electrons. The Morgan fingerprint density at radius 3 is 2.43 bits per heavy atom. The topological polar surface area (TPSA) is 96.2 Å². The highest BCUT2D eigenvalue weighted by Crippen LogP contribution is 2.33. The smallest absolute Gasteiger partial charge is 0.507 e. The number of ether oxygens (including phenoxy) is 2. The summed E-state index contributed by atoms with van der Waals surface area (Å²) in [7, 11) is 1.09. The lowest BCUT2D eigenvalue weighted by Gasteiger charge is -2.19. The fraction of sp³-hybridized carbons (Fsp3) is 0.417. The highest BCUT2D eigenvalue weighted by Gasteiger charge is 2.32. The summed E-state index contributed by atoms with van der Waals surface area (Å²) in [5.41, 5.74) is -0.249. The lowest BCUT2D eigenvalue weighted by molar-refractivity contribution is -0.274. The number of aliphatic hydroxyl groups excluding tert-OH is 2. The van der Waals surface area contributed by atoms with Gasteiger partial charge in [-0.05, 0) is 12.1 Å². The number of hydrogen-bond donors (Lipinski definition) is 3. The quantitative estimate of drug-likeness (QED) is 0.708. The summed E-state index contributed by atoms with van der Waals surface area (Å²) in [5.74, 6) is -2.19. The monoisotopic (exact) mass is 310 g/mol. The van der Waals surface area contributed by atoms with Crippen LogP contribution in [0, 0.1) is 0 Å². The van der Waals surface area contributed by atoms with Crippen LogP contribution >= 0.6 is 0 Å². The SMILES string of the molecule is COC(=O)CC(O)C(O)c1ccc(OC(F)(F)F)cc1O. The zero-order valence-electron chi connectivity index (χ0n) is 10.8. The van der Waals surface area contributed by atoms with Crippen LogP contribution in [0.4, 0.5) is 13.2 Å². The van der Waals surface area contributed by atoms with Crippen molar-refractivity contribution in [1.29, 1.82) is 0 Å². The molecule has 0 saturated carbocycles. The number of rotatable bonds is 5. The molecule has 0 saturated heterocycles. The third-order valence-corrected chi connectivity index (χ3v) is 2.52. The predicted molar refractivity (Wildman–Crippen MR) is 62.4 cm³/mol. The first-order valence-corrected chi connectivity index (χ1v) is 5.65. The van der Waals surface area contributed by atoms with Crippen molar-refractivity contribution in [2.75, 3.05) is 7.11 Å². The Labute approximate surface area is 117 Å². The highest BCUT2D eigenvalue weighted by molar-refractivity contribution is 5.69. The molecule has 0 aliphatic rings. The van der Waals surface area contributed by atoms with Crippen LogP contribution < -0.4 is 4.74 Å². The van der Waals surface area contributed by atoms with E-state index in [1.165, 1.54) is 0 Å². The standard InChI is InChI=1S/C12H13F3O6/c1-20-10(18)5-9(17)11(19)7-3-2-6(4-8(7)16)21-12(13,14)15/h2-4,9,11,16-17,19H,5H2,1H3. The number of aliphatic hydroxyl groups is 2. The average molecular weight is 310 g/mol. The maximum absolute atomic E-state index is 12.0. The summed E-state index contributed by atoms with van der Waals surface area (Å²) >= 11 is 0. The van der Waals surface area contributed by atoms with E-state index in [4.69, 9.17) is 0 Å². The third-order valence-electron chi connectivity index (χ3n) is 2.52. The second-order valence-electron chi connectivity index (χ2n) is 4.06. The van der Waals surface area contributed by atoms with Gasteiger partial charge in [0, 0.05) is 11.6 Å². The van der Waals surface area contributed by atoms with Gasteiger partial charge in [-0.3, -0.25) is 4.79 Å². The largest absolute Gasteiger partial charge is 0.573 e. The molecule has 3 N–H and O–H groups in total. The molecular formula is C12H13F3O6. The Hall–Kier alpha value is -2.00. The Bertz CT molecular complexity index is 502. The van der Waals surface area contributed by atoms with E-state index in [1.54, 1.807) is 0 Å². The Morgan fingerprint density at radius 1 is 1.33 bits per heavy atom. The van der Waals surface area contributed by atoms with Crippen molar-refractivity contribution in [3.8, 4) is 11.5 Å². The van der Waals surface area contributed by atoms with Crippen LogP contribution in [-0.4, -0.2) is 40.9 Å². The second kappa shape index (κ2) is 6.64. The van der Waals surface area contributed by atoms with Gasteiger partial charge in [-0.25, -0.2) is 0 Å². The van der Waals surface area contributed by atoms with Gasteiger partial charge in [-0.15, -0.1) is 13.2 Å². The minimum absolute atomic E-state index is 0.249. The molecule has 118 valence electrons. The minimum atomic E-state index is -4.92. The Kier molecular flexibility index (Phi) is 5.39. The van der Waals surface area contributed by atoms with Crippen molar-refractivity contribution in [2.45, 2.75) is 25.0 Å². The number of phenolic OH excluding ortho intramolecular Hbond substituents is 1. The molecule has 0 aliphatic heterocycles. The van der Waals surface area contributed by atoms with Gasteiger partial charge in [-0.1, -0.05) is 0 Å². The van der Waals surface area contributed by atoms with E-state index in [2.05, 4.69) is 9.47 Å². The van der Waals surface area contributed by atoms with Crippen LogP contribution in [0.15, 0.2) is 18.2 Å². The summed E-state index contributed by atoms with van der Waals surface area (Å²) in [6.45, 7) is 0. The third kappa shape index (κ3) is 5.12. The van der Waals surface area contributed by atoms with E-state index in [1.807, 2.05) is 0 Å². The zero-order valence-corrected chi connectivity index (χ0v) is 10.8. The van der Waals surface area contributed by atoms with Crippen molar-refractivity contribution in [3.05, 3.63) is 23.8 Å². The number of aromatic hydroxyl groups is 1. The molecule has 0 aliphatic carbocycles. The van der Waals surface area contributed by atoms with Crippen LogP contribution in [0.1, 0.15) is 18.1 Å². The summed E-state index contributed by atoms with van der Waals surface area (Å²) in [6.07, 6.45) is -8.73. The van der Waals surface area contributed by atoms with Gasteiger partial charge >= 0.3 is 12.3 Å². The molecule has 0 heterocycles. The fourth-order valence-corrected chi connectivity index (χ4v) is 1.54. The normalized spacial score (nSPS) is 14.4. The number of phenols is 1. The molecule has 9 heteroatoms. The van der Waals surface area contributed by atoms with Crippen molar-refractivity contribution in [2.24, 2.45) is 0 Å². The first kappa shape index (κ1) is 17.1. The van der Waals surface area contributed by atoms with Crippen LogP contribution in [0.5, 0.6) is 11.5 Å². The van der Waals surface area contributed by atoms with Crippen molar-refractivity contribution in [3.63, 3.8) is 0 Å². The fourth-order valence-electron chi connectivity index (χ4n) is 1.54. The molecule has 0 aromatic heterocycles. The molecule has 2 unspecified atom stereocenters. The number of methoxy groups -OCH3 is 1. The molecule has 1 aromatic rings. The van der Waals surface area contributed by atoms with Crippen LogP contribution in [0.25, 0.3) is 0 Å². The van der Waals surface area contributed by atoms with Crippen molar-refractivity contribution in [1.82, 2.24) is 0 Å². The van der Waals surface area contributed by atoms with Gasteiger partial charge in [0.25, 0.3) is 0 Å². The van der Waals surface area contributed by atoms with Crippen LogP contribution in [0.2, 0.25) is 0 Å². The maximum atomic E-state index is 12.0. The molecule has 0 spiro atoms. The predicted octanol–water partition coefficient (Wildman–Crippen LogP) is 1.25. The molecule has 6 nitrogen and oxygen atoms in total. The lowest BCUT2D eigenvalue weighted by atomic mass is 10.0. The summed E-state index contributed by atoms with van der Waals surface area (Å²) < 4.78 is 43.9. The lowest BCUT2D eigenvalue weighted by Crippen LogP contribution is -2.22. The van der Waals surface area contributed by atoms with Gasteiger partial charge < -0.3 is 24.8 Å². The highest BCUT2D eigenvalue weighted by atomic mass is 19.4. The number of carbonyl (C=O) groups excluding carboxylic acids is 1. The van der Waals surface area contributed by atoms with Crippen LogP contribution in [-0.2, 0) is 9.53 Å². The van der Waals surface area contributed by atoms with Gasteiger partial charge in [0.1, 0.15) is 17.6 Å². The molecule has 0 amide bonds. The van der Waals surface area contributed by atoms with Crippen molar-refractivity contribution >= 4 is 5.97 Å². The zero-order chi connectivity index (χ0) is 16.2. The van der Waals surface area contributed by atoms with E-state index in [0.717, 1.165) is 19.2 Å². The summed E-state index contributed by atoms with van der Waals surface area (Å²) in [6, 6.07) is 2.44. The summed E-state index contributed by atoms with van der Waals surface area (Å²) in [4.78, 5) is 11.0. The maximum Gasteiger partial charge on any atom is 0.573 e. The van der Waals surface area contributed by atoms with Gasteiger partial charge in [0.05, 0.1) is 19.6 Å². The minimum Gasteiger partial charge on any atom is -0.507 e. The average Bonchev–Trinajstić information content (AvgIpc) is 2.36. The molecule has 0 bridgehead atoms. The van der Waals surface area contributed by atoms with Gasteiger partial charge in [0.2, 0.25) is 0 Å². The number of alkyl halides is 3. The number of esters is 1. The van der Waals surface area contributed by atoms with E-state index >= 15 is 0 Å². The number of halogens is 3. The number of carbonyl (C=O) groups is 1. The van der Waals surface area contributed by atoms with Gasteiger partial charge in [0.15, 0.2) is 0 Å². The van der Waals surface area contributed by atoms with Crippen molar-refractivity contribution < 1.29 is 42.8 Å².